The van der Waals surface area contributed by atoms with Crippen LogP contribution < -0.4 is 5.73 Å². The van der Waals surface area contributed by atoms with Crippen molar-refractivity contribution >= 4 is 23.2 Å². The van der Waals surface area contributed by atoms with Gasteiger partial charge in [0.05, 0.1) is 16.7 Å². The Morgan fingerprint density at radius 2 is 2.18 bits per heavy atom. The molecule has 1 unspecified atom stereocenters. The molecular weight excluding hydrogens is 257 g/mol. The Bertz CT molecular complexity index is 389. The summed E-state index contributed by atoms with van der Waals surface area (Å²) in [6, 6.07) is 5.75. The smallest absolute Gasteiger partial charge is 0.0624 e. The normalized spacial score (nSPS) is 24.9. The molecule has 0 radical (unpaired) electrons. The number of hydrogen-bond acceptors (Lipinski definition) is 2. The van der Waals surface area contributed by atoms with Crippen molar-refractivity contribution < 1.29 is 4.74 Å². The molecule has 4 heteroatoms. The van der Waals surface area contributed by atoms with Crippen molar-refractivity contribution in [2.45, 2.75) is 19.3 Å². The Kier molecular flexibility index (Phi) is 4.31. The summed E-state index contributed by atoms with van der Waals surface area (Å²) in [7, 11) is 0. The van der Waals surface area contributed by atoms with Crippen LogP contribution in [0.2, 0.25) is 10.0 Å². The van der Waals surface area contributed by atoms with Gasteiger partial charge in [0.2, 0.25) is 0 Å². The minimum absolute atomic E-state index is 0.0204. The number of ether oxygens (including phenoxy) is 1. The molecule has 2 nitrogen and oxygen atoms in total. The minimum atomic E-state index is 0.0204. The first kappa shape index (κ1) is 13.2. The molecule has 17 heavy (non-hydrogen) atoms. The van der Waals surface area contributed by atoms with Crippen molar-refractivity contribution in [1.82, 2.24) is 0 Å². The standard InChI is InChI=1S/C13H17Cl2NO/c14-11-4-1-3-10(12(11)15)7-13(8-16)5-2-6-17-9-13/h1,3-4H,2,5-9,16H2. The average molecular weight is 274 g/mol. The lowest BCUT2D eigenvalue weighted by atomic mass is 9.77. The van der Waals surface area contributed by atoms with Crippen LogP contribution in [0.4, 0.5) is 0 Å². The van der Waals surface area contributed by atoms with Crippen LogP contribution in [-0.4, -0.2) is 19.8 Å². The summed E-state index contributed by atoms with van der Waals surface area (Å²) < 4.78 is 5.56. The molecule has 0 saturated carbocycles. The third-order valence-corrected chi connectivity index (χ3v) is 4.29. The Morgan fingerprint density at radius 1 is 1.35 bits per heavy atom. The number of rotatable bonds is 3. The Labute approximate surface area is 112 Å². The molecule has 0 bridgehead atoms. The van der Waals surface area contributed by atoms with E-state index < -0.39 is 0 Å². The van der Waals surface area contributed by atoms with Gasteiger partial charge in [-0.2, -0.15) is 0 Å². The van der Waals surface area contributed by atoms with Gasteiger partial charge in [0, 0.05) is 18.6 Å². The summed E-state index contributed by atoms with van der Waals surface area (Å²) in [5.41, 5.74) is 7.00. The SMILES string of the molecule is NCC1(Cc2cccc(Cl)c2Cl)CCCOC1. The summed E-state index contributed by atoms with van der Waals surface area (Å²) in [5, 5.41) is 1.25. The Balaban J connectivity index is 2.20. The fraction of sp³-hybridized carbons (Fsp3) is 0.538. The first-order valence-electron chi connectivity index (χ1n) is 5.88. The summed E-state index contributed by atoms with van der Waals surface area (Å²) in [4.78, 5) is 0. The van der Waals surface area contributed by atoms with E-state index in [1.807, 2.05) is 12.1 Å². The van der Waals surface area contributed by atoms with E-state index in [1.165, 1.54) is 0 Å². The van der Waals surface area contributed by atoms with Crippen LogP contribution in [0.5, 0.6) is 0 Å². The lowest BCUT2D eigenvalue weighted by Gasteiger charge is -2.36. The van der Waals surface area contributed by atoms with Gasteiger partial charge >= 0.3 is 0 Å². The van der Waals surface area contributed by atoms with Crippen LogP contribution in [0, 0.1) is 5.41 Å². The largest absolute Gasteiger partial charge is 0.381 e. The second-order valence-corrected chi connectivity index (χ2v) is 5.54. The molecule has 1 atom stereocenters. The Hall–Kier alpha value is -0.280. The molecule has 1 aliphatic rings. The third kappa shape index (κ3) is 2.94. The average Bonchev–Trinajstić information content (AvgIpc) is 2.36. The van der Waals surface area contributed by atoms with E-state index >= 15 is 0 Å². The maximum Gasteiger partial charge on any atom is 0.0624 e. The van der Waals surface area contributed by atoms with Crippen LogP contribution in [0.25, 0.3) is 0 Å². The maximum atomic E-state index is 6.22. The molecular formula is C13H17Cl2NO. The van der Waals surface area contributed by atoms with E-state index in [0.29, 0.717) is 23.2 Å². The van der Waals surface area contributed by atoms with Crippen molar-refractivity contribution in [3.05, 3.63) is 33.8 Å². The molecule has 2 rings (SSSR count). The highest BCUT2D eigenvalue weighted by molar-refractivity contribution is 6.42. The minimum Gasteiger partial charge on any atom is -0.381 e. The summed E-state index contributed by atoms with van der Waals surface area (Å²) >= 11 is 12.2. The topological polar surface area (TPSA) is 35.2 Å². The van der Waals surface area contributed by atoms with Crippen molar-refractivity contribution in [2.24, 2.45) is 11.1 Å². The summed E-state index contributed by atoms with van der Waals surface area (Å²) in [6.45, 7) is 2.17. The van der Waals surface area contributed by atoms with Gasteiger partial charge in [-0.05, 0) is 30.9 Å². The molecule has 0 amide bonds. The van der Waals surface area contributed by atoms with Gasteiger partial charge in [-0.3, -0.25) is 0 Å². The lowest BCUT2D eigenvalue weighted by molar-refractivity contribution is -0.00262. The van der Waals surface area contributed by atoms with Gasteiger partial charge in [-0.15, -0.1) is 0 Å². The van der Waals surface area contributed by atoms with Crippen LogP contribution in [-0.2, 0) is 11.2 Å². The zero-order valence-electron chi connectivity index (χ0n) is 9.72. The van der Waals surface area contributed by atoms with Crippen LogP contribution in [0.1, 0.15) is 18.4 Å². The molecule has 0 aromatic heterocycles. The third-order valence-electron chi connectivity index (χ3n) is 3.43. The fourth-order valence-corrected chi connectivity index (χ4v) is 2.76. The number of nitrogens with two attached hydrogens (primary N) is 1. The van der Waals surface area contributed by atoms with Crippen molar-refractivity contribution in [1.29, 1.82) is 0 Å². The predicted octanol–water partition coefficient (Wildman–Crippen LogP) is 3.29. The highest BCUT2D eigenvalue weighted by Crippen LogP contribution is 2.35. The molecule has 1 aromatic rings. The van der Waals surface area contributed by atoms with E-state index in [4.69, 9.17) is 33.7 Å². The van der Waals surface area contributed by atoms with Crippen molar-refractivity contribution in [3.8, 4) is 0 Å². The van der Waals surface area contributed by atoms with E-state index in [0.717, 1.165) is 31.4 Å². The van der Waals surface area contributed by atoms with E-state index in [-0.39, 0.29) is 5.41 Å². The highest BCUT2D eigenvalue weighted by atomic mass is 35.5. The monoisotopic (exact) mass is 273 g/mol. The summed E-state index contributed by atoms with van der Waals surface area (Å²) in [5.74, 6) is 0. The number of benzene rings is 1. The van der Waals surface area contributed by atoms with E-state index in [2.05, 4.69) is 0 Å². The molecule has 1 aliphatic heterocycles. The second-order valence-electron chi connectivity index (χ2n) is 4.75. The first-order chi connectivity index (χ1) is 8.17. The van der Waals surface area contributed by atoms with Gasteiger partial charge in [-0.25, -0.2) is 0 Å². The molecule has 0 spiro atoms. The molecule has 1 saturated heterocycles. The fourth-order valence-electron chi connectivity index (χ4n) is 2.37. The summed E-state index contributed by atoms with van der Waals surface area (Å²) in [6.07, 6.45) is 2.99. The molecule has 1 aromatic carbocycles. The maximum absolute atomic E-state index is 6.22. The molecule has 94 valence electrons. The van der Waals surface area contributed by atoms with Gasteiger partial charge in [0.25, 0.3) is 0 Å². The van der Waals surface area contributed by atoms with Crippen molar-refractivity contribution in [2.75, 3.05) is 19.8 Å². The quantitative estimate of drug-likeness (QED) is 0.917. The zero-order valence-corrected chi connectivity index (χ0v) is 11.2. The van der Waals surface area contributed by atoms with Gasteiger partial charge in [-0.1, -0.05) is 35.3 Å². The van der Waals surface area contributed by atoms with Gasteiger partial charge < -0.3 is 10.5 Å². The van der Waals surface area contributed by atoms with Crippen LogP contribution >= 0.6 is 23.2 Å². The molecule has 0 aliphatic carbocycles. The van der Waals surface area contributed by atoms with E-state index in [1.54, 1.807) is 6.07 Å². The van der Waals surface area contributed by atoms with Gasteiger partial charge in [0.1, 0.15) is 0 Å². The van der Waals surface area contributed by atoms with Crippen molar-refractivity contribution in [3.63, 3.8) is 0 Å². The lowest BCUT2D eigenvalue weighted by Crippen LogP contribution is -2.40. The second kappa shape index (κ2) is 5.57. The highest BCUT2D eigenvalue weighted by Gasteiger charge is 2.32. The number of hydrogen-bond donors (Lipinski definition) is 1. The first-order valence-corrected chi connectivity index (χ1v) is 6.63. The van der Waals surface area contributed by atoms with Gasteiger partial charge in [0.15, 0.2) is 0 Å². The Morgan fingerprint density at radius 3 is 2.82 bits per heavy atom. The molecule has 1 fully saturated rings. The molecule has 1 heterocycles. The predicted molar refractivity (Wildman–Crippen MR) is 71.7 cm³/mol. The number of halogens is 2. The van der Waals surface area contributed by atoms with Crippen LogP contribution in [0.15, 0.2) is 18.2 Å². The van der Waals surface area contributed by atoms with Crippen LogP contribution in [0.3, 0.4) is 0 Å². The molecule has 2 N–H and O–H groups in total. The zero-order chi connectivity index (χ0) is 12.3. The van der Waals surface area contributed by atoms with E-state index in [9.17, 15) is 0 Å².